The van der Waals surface area contributed by atoms with Gasteiger partial charge in [0.1, 0.15) is 5.82 Å². The zero-order chi connectivity index (χ0) is 18.8. The van der Waals surface area contributed by atoms with Gasteiger partial charge in [-0.2, -0.15) is 0 Å². The van der Waals surface area contributed by atoms with Crippen molar-refractivity contribution in [2.45, 2.75) is 9.79 Å². The molecule has 0 heterocycles. The molecule has 6 N–H and O–H groups in total. The number of hydrogen-bond acceptors (Lipinski definition) is 5. The van der Waals surface area contributed by atoms with Gasteiger partial charge in [-0.3, -0.25) is 0 Å². The minimum absolute atomic E-state index is 0.130. The number of nitrogens with two attached hydrogens (primary N) is 2. The number of carbonyl (C=O) groups is 1. The summed E-state index contributed by atoms with van der Waals surface area (Å²) >= 11 is 0. The van der Waals surface area contributed by atoms with Gasteiger partial charge >= 0.3 is 6.03 Å². The number of benzene rings is 2. The van der Waals surface area contributed by atoms with Gasteiger partial charge in [-0.1, -0.05) is 12.1 Å². The molecule has 2 amide bonds. The van der Waals surface area contributed by atoms with E-state index in [9.17, 15) is 26.0 Å². The lowest BCUT2D eigenvalue weighted by atomic mass is 10.3. The van der Waals surface area contributed by atoms with Crippen LogP contribution in [0.1, 0.15) is 0 Å². The van der Waals surface area contributed by atoms with Crippen LogP contribution in [-0.4, -0.2) is 22.9 Å². The lowest BCUT2D eigenvalue weighted by Gasteiger charge is -2.11. The van der Waals surface area contributed by atoms with Crippen molar-refractivity contribution in [2.24, 2.45) is 10.3 Å². The van der Waals surface area contributed by atoms with E-state index in [1.165, 1.54) is 18.2 Å². The highest BCUT2D eigenvalue weighted by molar-refractivity contribution is 7.90. The number of halogens is 1. The molecule has 0 aromatic heterocycles. The highest BCUT2D eigenvalue weighted by Gasteiger charge is 2.17. The van der Waals surface area contributed by atoms with E-state index in [0.29, 0.717) is 0 Å². The molecule has 0 fully saturated rings. The second kappa shape index (κ2) is 6.76. The summed E-state index contributed by atoms with van der Waals surface area (Å²) in [5.41, 5.74) is -0.348. The number of para-hydroxylation sites is 1. The number of hydrogen-bond donors (Lipinski definition) is 4. The van der Waals surface area contributed by atoms with Crippen molar-refractivity contribution in [3.8, 4) is 0 Å². The largest absolute Gasteiger partial charge is 0.323 e. The maximum Gasteiger partial charge on any atom is 0.323 e. The van der Waals surface area contributed by atoms with Crippen molar-refractivity contribution < 1.29 is 26.0 Å². The van der Waals surface area contributed by atoms with E-state index >= 15 is 0 Å². The molecule has 0 bridgehead atoms. The molecule has 25 heavy (non-hydrogen) atoms. The Balaban J connectivity index is 2.35. The molecule has 2 aromatic carbocycles. The van der Waals surface area contributed by atoms with Crippen LogP contribution in [0.2, 0.25) is 0 Å². The van der Waals surface area contributed by atoms with Gasteiger partial charge in [-0.15, -0.1) is 0 Å². The number of nitrogens with one attached hydrogen (secondary N) is 2. The first-order valence-electron chi connectivity index (χ1n) is 6.50. The Labute approximate surface area is 142 Å². The minimum atomic E-state index is -4.26. The third kappa shape index (κ3) is 4.96. The van der Waals surface area contributed by atoms with E-state index in [1.54, 1.807) is 0 Å². The molecular weight excluding hydrogens is 375 g/mol. The van der Waals surface area contributed by atoms with Crippen LogP contribution in [0.3, 0.4) is 0 Å². The van der Waals surface area contributed by atoms with Crippen LogP contribution >= 0.6 is 0 Å². The maximum atomic E-state index is 13.5. The molecule has 0 unspecified atom stereocenters. The van der Waals surface area contributed by atoms with Crippen molar-refractivity contribution in [3.05, 3.63) is 48.3 Å². The maximum absolute atomic E-state index is 13.5. The molecular formula is C13H13FN4O5S2. The summed E-state index contributed by atoms with van der Waals surface area (Å²) < 4.78 is 59.3. The molecule has 9 nitrogen and oxygen atoms in total. The van der Waals surface area contributed by atoms with E-state index in [-0.39, 0.29) is 11.4 Å². The topological polar surface area (TPSA) is 161 Å². The molecule has 0 spiro atoms. The Bertz CT molecular complexity index is 988. The average molecular weight is 388 g/mol. The predicted octanol–water partition coefficient (Wildman–Crippen LogP) is 0.765. The van der Waals surface area contributed by atoms with Gasteiger partial charge in [0.05, 0.1) is 15.5 Å². The molecule has 0 aliphatic carbocycles. The number of anilines is 2. The number of rotatable bonds is 4. The molecule has 134 valence electrons. The van der Waals surface area contributed by atoms with E-state index in [4.69, 9.17) is 10.3 Å². The first kappa shape index (κ1) is 18.8. The summed E-state index contributed by atoms with van der Waals surface area (Å²) in [6.45, 7) is 0. The van der Waals surface area contributed by atoms with Crippen LogP contribution in [0.4, 0.5) is 20.6 Å². The lowest BCUT2D eigenvalue weighted by Crippen LogP contribution is -2.22. The van der Waals surface area contributed by atoms with Crippen molar-refractivity contribution in [1.82, 2.24) is 0 Å². The standard InChI is InChI=1S/C13H13FN4O5S2/c14-11-3-1-2-4-12(11)18-13(19)17-8-5-9(24(15,20)21)7-10(6-8)25(16,22)23/h1-7H,(H2,15,20,21)(H2,16,22,23)(H2,17,18,19). The number of sulfonamides is 2. The molecule has 0 aliphatic rings. The third-order valence-electron chi connectivity index (χ3n) is 2.92. The highest BCUT2D eigenvalue weighted by atomic mass is 32.2. The molecule has 0 saturated carbocycles. The van der Waals surface area contributed by atoms with E-state index in [2.05, 4.69) is 10.6 Å². The van der Waals surface area contributed by atoms with Gasteiger partial charge in [0.25, 0.3) is 0 Å². The normalized spacial score (nSPS) is 11.8. The number of urea groups is 1. The van der Waals surface area contributed by atoms with E-state index < -0.39 is 41.7 Å². The van der Waals surface area contributed by atoms with Crippen molar-refractivity contribution in [2.75, 3.05) is 10.6 Å². The average Bonchev–Trinajstić information content (AvgIpc) is 2.47. The van der Waals surface area contributed by atoms with Crippen LogP contribution in [-0.2, 0) is 20.0 Å². The van der Waals surface area contributed by atoms with Gasteiger partial charge in [-0.05, 0) is 30.3 Å². The number of amides is 2. The number of primary sulfonamides is 2. The highest BCUT2D eigenvalue weighted by Crippen LogP contribution is 2.21. The fourth-order valence-corrected chi connectivity index (χ4v) is 3.06. The van der Waals surface area contributed by atoms with Crippen molar-refractivity contribution in [3.63, 3.8) is 0 Å². The van der Waals surface area contributed by atoms with Crippen LogP contribution in [0.25, 0.3) is 0 Å². The second-order valence-corrected chi connectivity index (χ2v) is 7.96. The van der Waals surface area contributed by atoms with Crippen LogP contribution in [0, 0.1) is 5.82 Å². The zero-order valence-corrected chi connectivity index (χ0v) is 14.1. The Hall–Kier alpha value is -2.54. The van der Waals surface area contributed by atoms with Gasteiger partial charge in [-0.25, -0.2) is 36.3 Å². The summed E-state index contributed by atoms with van der Waals surface area (Å²) in [6.07, 6.45) is 0. The minimum Gasteiger partial charge on any atom is -0.308 e. The molecule has 0 radical (unpaired) electrons. The second-order valence-electron chi connectivity index (χ2n) is 4.84. The Morgan fingerprint density at radius 3 is 1.88 bits per heavy atom. The Kier molecular flexibility index (Phi) is 5.08. The first-order chi connectivity index (χ1) is 11.5. The molecule has 0 atom stereocenters. The molecule has 2 aromatic rings. The van der Waals surface area contributed by atoms with Crippen molar-refractivity contribution >= 4 is 37.5 Å². The molecule has 12 heteroatoms. The molecule has 0 aliphatic heterocycles. The summed E-state index contributed by atoms with van der Waals surface area (Å²) in [4.78, 5) is 10.8. The van der Waals surface area contributed by atoms with Gasteiger partial charge in [0.15, 0.2) is 0 Å². The van der Waals surface area contributed by atoms with Crippen molar-refractivity contribution in [1.29, 1.82) is 0 Å². The fourth-order valence-electron chi connectivity index (χ4n) is 1.82. The SMILES string of the molecule is NS(=O)(=O)c1cc(NC(=O)Nc2ccccc2F)cc(S(N)(=O)=O)c1. The van der Waals surface area contributed by atoms with Crippen LogP contribution < -0.4 is 20.9 Å². The quantitative estimate of drug-likeness (QED) is 0.607. The van der Waals surface area contributed by atoms with Crippen LogP contribution in [0.15, 0.2) is 52.3 Å². The lowest BCUT2D eigenvalue weighted by molar-refractivity contribution is 0.262. The summed E-state index contributed by atoms with van der Waals surface area (Å²) in [5.74, 6) is -0.693. The summed E-state index contributed by atoms with van der Waals surface area (Å²) in [5, 5.41) is 14.3. The summed E-state index contributed by atoms with van der Waals surface area (Å²) in [6, 6.07) is 7.02. The predicted molar refractivity (Wildman–Crippen MR) is 88.2 cm³/mol. The summed E-state index contributed by atoms with van der Waals surface area (Å²) in [7, 11) is -8.52. The van der Waals surface area contributed by atoms with Gasteiger partial charge in [0, 0.05) is 5.69 Å². The Morgan fingerprint density at radius 2 is 1.40 bits per heavy atom. The third-order valence-corrected chi connectivity index (χ3v) is 4.70. The molecule has 2 rings (SSSR count). The van der Waals surface area contributed by atoms with E-state index in [1.807, 2.05) is 0 Å². The van der Waals surface area contributed by atoms with Gasteiger partial charge < -0.3 is 10.6 Å². The van der Waals surface area contributed by atoms with E-state index in [0.717, 1.165) is 24.3 Å². The Morgan fingerprint density at radius 1 is 0.880 bits per heavy atom. The monoisotopic (exact) mass is 388 g/mol. The fraction of sp³-hybridized carbons (Fsp3) is 0. The smallest absolute Gasteiger partial charge is 0.308 e. The molecule has 0 saturated heterocycles. The van der Waals surface area contributed by atoms with Gasteiger partial charge in [0.2, 0.25) is 20.0 Å². The first-order valence-corrected chi connectivity index (χ1v) is 9.59. The van der Waals surface area contributed by atoms with Crippen LogP contribution in [0.5, 0.6) is 0 Å². The zero-order valence-electron chi connectivity index (χ0n) is 12.4. The number of carbonyl (C=O) groups excluding carboxylic acids is 1.